The Morgan fingerprint density at radius 1 is 1.17 bits per heavy atom. The molecule has 124 valence electrons. The topological polar surface area (TPSA) is 64.1 Å². The van der Waals surface area contributed by atoms with Crippen LogP contribution in [0.25, 0.3) is 0 Å². The molecule has 1 aromatic rings. The summed E-state index contributed by atoms with van der Waals surface area (Å²) in [5.41, 5.74) is 1.30. The standard InChI is InChI=1S/C17H23N3O3/c1-3-18-6-8-19(9-7-18)15-11-16(22)20(17(15)23)14-5-4-13(21)10-12(14)2/h4-5,10,15,21H,3,6-9,11H2,1-2H3. The van der Waals surface area contributed by atoms with Crippen LogP contribution in [-0.4, -0.2) is 65.5 Å². The average Bonchev–Trinajstić information content (AvgIpc) is 2.83. The van der Waals surface area contributed by atoms with Crippen LogP contribution in [0.15, 0.2) is 18.2 Å². The number of anilines is 1. The van der Waals surface area contributed by atoms with Gasteiger partial charge in [-0.25, -0.2) is 4.90 Å². The van der Waals surface area contributed by atoms with Crippen molar-refractivity contribution in [3.05, 3.63) is 23.8 Å². The molecule has 0 radical (unpaired) electrons. The molecule has 0 aromatic heterocycles. The van der Waals surface area contributed by atoms with E-state index in [0.29, 0.717) is 5.69 Å². The summed E-state index contributed by atoms with van der Waals surface area (Å²) in [5, 5.41) is 9.51. The van der Waals surface area contributed by atoms with Crippen LogP contribution in [0.4, 0.5) is 5.69 Å². The van der Waals surface area contributed by atoms with Crippen molar-refractivity contribution in [2.75, 3.05) is 37.6 Å². The Morgan fingerprint density at radius 2 is 1.87 bits per heavy atom. The van der Waals surface area contributed by atoms with Gasteiger partial charge in [-0.05, 0) is 37.2 Å². The molecule has 0 saturated carbocycles. The van der Waals surface area contributed by atoms with Gasteiger partial charge >= 0.3 is 0 Å². The summed E-state index contributed by atoms with van der Waals surface area (Å²) in [7, 11) is 0. The lowest BCUT2D eigenvalue weighted by Crippen LogP contribution is -2.52. The second kappa shape index (κ2) is 6.29. The molecule has 1 N–H and O–H groups in total. The van der Waals surface area contributed by atoms with Crippen molar-refractivity contribution >= 4 is 17.5 Å². The highest BCUT2D eigenvalue weighted by Crippen LogP contribution is 2.30. The smallest absolute Gasteiger partial charge is 0.251 e. The summed E-state index contributed by atoms with van der Waals surface area (Å²) in [5.74, 6) is -0.168. The zero-order valence-corrected chi connectivity index (χ0v) is 13.7. The number of likely N-dealkylation sites (N-methyl/N-ethyl adjacent to an activating group) is 1. The Labute approximate surface area is 136 Å². The van der Waals surface area contributed by atoms with Gasteiger partial charge < -0.3 is 10.0 Å². The van der Waals surface area contributed by atoms with Crippen molar-refractivity contribution in [1.29, 1.82) is 0 Å². The molecular formula is C17H23N3O3. The van der Waals surface area contributed by atoms with Crippen molar-refractivity contribution in [1.82, 2.24) is 9.80 Å². The molecule has 6 nitrogen and oxygen atoms in total. The molecule has 0 aliphatic carbocycles. The number of carbonyl (C=O) groups excluding carboxylic acids is 2. The van der Waals surface area contributed by atoms with E-state index in [0.717, 1.165) is 38.3 Å². The number of piperazine rings is 1. The third kappa shape index (κ3) is 2.96. The molecule has 2 heterocycles. The van der Waals surface area contributed by atoms with Crippen LogP contribution >= 0.6 is 0 Å². The molecule has 23 heavy (non-hydrogen) atoms. The van der Waals surface area contributed by atoms with Crippen LogP contribution in [0, 0.1) is 6.92 Å². The summed E-state index contributed by atoms with van der Waals surface area (Å²) >= 11 is 0. The third-order valence-corrected chi connectivity index (χ3v) is 4.84. The number of carbonyl (C=O) groups is 2. The number of nitrogens with zero attached hydrogens (tertiary/aromatic N) is 3. The zero-order chi connectivity index (χ0) is 16.6. The first kappa shape index (κ1) is 16.0. The van der Waals surface area contributed by atoms with E-state index in [1.54, 1.807) is 19.1 Å². The third-order valence-electron chi connectivity index (χ3n) is 4.84. The van der Waals surface area contributed by atoms with E-state index in [4.69, 9.17) is 0 Å². The van der Waals surface area contributed by atoms with Crippen LogP contribution in [0.2, 0.25) is 0 Å². The number of imide groups is 1. The maximum Gasteiger partial charge on any atom is 0.251 e. The van der Waals surface area contributed by atoms with E-state index in [-0.39, 0.29) is 30.0 Å². The number of amides is 2. The summed E-state index contributed by atoms with van der Waals surface area (Å²) in [6, 6.07) is 4.37. The molecule has 0 bridgehead atoms. The van der Waals surface area contributed by atoms with Gasteiger partial charge in [0.25, 0.3) is 5.91 Å². The molecule has 2 amide bonds. The van der Waals surface area contributed by atoms with E-state index in [2.05, 4.69) is 16.7 Å². The predicted molar refractivity (Wildman–Crippen MR) is 87.4 cm³/mol. The number of benzene rings is 1. The van der Waals surface area contributed by atoms with E-state index < -0.39 is 0 Å². The highest BCUT2D eigenvalue weighted by atomic mass is 16.3. The fraction of sp³-hybridized carbons (Fsp3) is 0.529. The molecule has 3 rings (SSSR count). The highest BCUT2D eigenvalue weighted by molar-refractivity contribution is 6.22. The van der Waals surface area contributed by atoms with Gasteiger partial charge in [0.1, 0.15) is 5.75 Å². The van der Waals surface area contributed by atoms with Gasteiger partial charge in [-0.15, -0.1) is 0 Å². The van der Waals surface area contributed by atoms with Gasteiger partial charge in [0, 0.05) is 26.2 Å². The van der Waals surface area contributed by atoms with E-state index in [9.17, 15) is 14.7 Å². The second-order valence-corrected chi connectivity index (χ2v) is 6.23. The Morgan fingerprint density at radius 3 is 2.48 bits per heavy atom. The van der Waals surface area contributed by atoms with E-state index >= 15 is 0 Å². The number of phenolic OH excluding ortho intramolecular Hbond substituents is 1. The molecule has 2 aliphatic rings. The summed E-state index contributed by atoms with van der Waals surface area (Å²) in [6.07, 6.45) is 0.241. The maximum absolute atomic E-state index is 12.8. The fourth-order valence-corrected chi connectivity index (χ4v) is 3.44. The first-order valence-electron chi connectivity index (χ1n) is 8.14. The maximum atomic E-state index is 12.8. The number of hydrogen-bond acceptors (Lipinski definition) is 5. The van der Waals surface area contributed by atoms with Crippen LogP contribution in [0.5, 0.6) is 5.75 Å². The Bertz CT molecular complexity index is 624. The minimum atomic E-state index is -0.352. The average molecular weight is 317 g/mol. The first-order valence-corrected chi connectivity index (χ1v) is 8.14. The monoisotopic (exact) mass is 317 g/mol. The van der Waals surface area contributed by atoms with Crippen molar-refractivity contribution in [2.45, 2.75) is 26.3 Å². The number of aryl methyl sites for hydroxylation is 1. The van der Waals surface area contributed by atoms with Gasteiger partial charge in [-0.2, -0.15) is 0 Å². The molecular weight excluding hydrogens is 294 g/mol. The lowest BCUT2D eigenvalue weighted by atomic mass is 10.1. The molecule has 2 aliphatic heterocycles. The van der Waals surface area contributed by atoms with Gasteiger partial charge in [-0.1, -0.05) is 6.92 Å². The highest BCUT2D eigenvalue weighted by Gasteiger charge is 2.43. The Kier molecular flexibility index (Phi) is 4.37. The molecule has 1 unspecified atom stereocenters. The van der Waals surface area contributed by atoms with Crippen molar-refractivity contribution in [3.8, 4) is 5.75 Å². The number of hydrogen-bond donors (Lipinski definition) is 1. The molecule has 2 saturated heterocycles. The van der Waals surface area contributed by atoms with E-state index in [1.165, 1.54) is 11.0 Å². The fourth-order valence-electron chi connectivity index (χ4n) is 3.44. The summed E-state index contributed by atoms with van der Waals surface area (Å²) < 4.78 is 0. The normalized spacial score (nSPS) is 23.7. The van der Waals surface area contributed by atoms with Crippen molar-refractivity contribution in [2.24, 2.45) is 0 Å². The molecule has 6 heteroatoms. The molecule has 2 fully saturated rings. The van der Waals surface area contributed by atoms with Gasteiger partial charge in [0.05, 0.1) is 18.2 Å². The zero-order valence-electron chi connectivity index (χ0n) is 13.7. The van der Waals surface area contributed by atoms with Crippen LogP contribution < -0.4 is 4.90 Å². The summed E-state index contributed by atoms with van der Waals surface area (Å²) in [4.78, 5) is 30.9. The molecule has 0 spiro atoms. The van der Waals surface area contributed by atoms with Crippen LogP contribution in [-0.2, 0) is 9.59 Å². The lowest BCUT2D eigenvalue weighted by Gasteiger charge is -2.36. The minimum absolute atomic E-state index is 0.137. The molecule has 1 atom stereocenters. The number of aromatic hydroxyl groups is 1. The molecule has 1 aromatic carbocycles. The van der Waals surface area contributed by atoms with Crippen LogP contribution in [0.3, 0.4) is 0 Å². The van der Waals surface area contributed by atoms with E-state index in [1.807, 2.05) is 0 Å². The largest absolute Gasteiger partial charge is 0.508 e. The number of phenols is 1. The first-order chi connectivity index (χ1) is 11.0. The SMILES string of the molecule is CCN1CCN(C2CC(=O)N(c3ccc(O)cc3C)C2=O)CC1. The van der Waals surface area contributed by atoms with Crippen molar-refractivity contribution in [3.63, 3.8) is 0 Å². The van der Waals surface area contributed by atoms with Gasteiger partial charge in [0.2, 0.25) is 5.91 Å². The lowest BCUT2D eigenvalue weighted by molar-refractivity contribution is -0.123. The number of rotatable bonds is 3. The second-order valence-electron chi connectivity index (χ2n) is 6.23. The van der Waals surface area contributed by atoms with Gasteiger partial charge in [-0.3, -0.25) is 14.5 Å². The Hall–Kier alpha value is -1.92. The minimum Gasteiger partial charge on any atom is -0.508 e. The van der Waals surface area contributed by atoms with Crippen molar-refractivity contribution < 1.29 is 14.7 Å². The summed E-state index contributed by atoms with van der Waals surface area (Å²) in [6.45, 7) is 8.46. The quantitative estimate of drug-likeness (QED) is 0.842. The van der Waals surface area contributed by atoms with Gasteiger partial charge in [0.15, 0.2) is 0 Å². The predicted octanol–water partition coefficient (Wildman–Crippen LogP) is 0.970. The van der Waals surface area contributed by atoms with Crippen LogP contribution in [0.1, 0.15) is 18.9 Å². The Balaban J connectivity index is 1.78.